The Bertz CT molecular complexity index is 1030. The van der Waals surface area contributed by atoms with Gasteiger partial charge in [-0.2, -0.15) is 0 Å². The molecule has 0 saturated heterocycles. The molecule has 158 valence electrons. The Hall–Kier alpha value is -2.27. The van der Waals surface area contributed by atoms with Crippen LogP contribution in [0.25, 0.3) is 0 Å². The number of sulfonamides is 1. The maximum absolute atomic E-state index is 14.9. The van der Waals surface area contributed by atoms with Crippen LogP contribution < -0.4 is 10.6 Å². The van der Waals surface area contributed by atoms with Gasteiger partial charge in [0.1, 0.15) is 17.0 Å². The van der Waals surface area contributed by atoms with Gasteiger partial charge in [-0.1, -0.05) is 12.2 Å². The van der Waals surface area contributed by atoms with E-state index in [4.69, 9.17) is 17.0 Å². The molecule has 0 fully saturated rings. The predicted molar refractivity (Wildman–Crippen MR) is 112 cm³/mol. The number of nitrogens with one attached hydrogen (secondary N) is 2. The summed E-state index contributed by atoms with van der Waals surface area (Å²) in [4.78, 5) is 17.1. The summed E-state index contributed by atoms with van der Waals surface area (Å²) in [6, 6.07) is 2.86. The largest absolute Gasteiger partial charge is 0.444 e. The number of ether oxygens (including phenoxy) is 1. The highest BCUT2D eigenvalue weighted by Crippen LogP contribution is 2.37. The van der Waals surface area contributed by atoms with Crippen LogP contribution in [0.1, 0.15) is 38.8 Å². The minimum Gasteiger partial charge on any atom is -0.444 e. The number of rotatable bonds is 1. The number of alkyl carbamates (subject to hydrolysis) is 1. The summed E-state index contributed by atoms with van der Waals surface area (Å²) in [5, 5.41) is 5.28. The number of halogens is 1. The zero-order chi connectivity index (χ0) is 21.8. The summed E-state index contributed by atoms with van der Waals surface area (Å²) in [5.41, 5.74) is -0.785. The van der Waals surface area contributed by atoms with Crippen LogP contribution in [-0.2, 0) is 26.7 Å². The summed E-state index contributed by atoms with van der Waals surface area (Å²) in [6.45, 7) is 6.55. The average molecular weight is 443 g/mol. The Morgan fingerprint density at radius 1 is 1.41 bits per heavy atom. The van der Waals surface area contributed by atoms with Crippen LogP contribution in [0.15, 0.2) is 17.1 Å². The number of hydrogen-bond acceptors (Lipinski definition) is 6. The van der Waals surface area contributed by atoms with E-state index in [0.29, 0.717) is 17.1 Å². The summed E-state index contributed by atoms with van der Waals surface area (Å²) >= 11 is 5.13. The molecule has 0 aromatic heterocycles. The lowest BCUT2D eigenvalue weighted by Gasteiger charge is -2.36. The third-order valence-corrected chi connectivity index (χ3v) is 6.72. The normalized spacial score (nSPS) is 23.2. The molecule has 1 aromatic carbocycles. The molecule has 3 rings (SSSR count). The van der Waals surface area contributed by atoms with Crippen molar-refractivity contribution in [2.75, 3.05) is 18.1 Å². The zero-order valence-corrected chi connectivity index (χ0v) is 18.4. The Morgan fingerprint density at radius 2 is 2.07 bits per heavy atom. The summed E-state index contributed by atoms with van der Waals surface area (Å²) in [7, 11) is -2.60. The summed E-state index contributed by atoms with van der Waals surface area (Å²) in [5.74, 6) is -1.30. The van der Waals surface area contributed by atoms with Gasteiger partial charge in [0.15, 0.2) is 0 Å². The Balaban J connectivity index is 2.04. The molecule has 1 aromatic rings. The number of carbonyl (C=O) groups is 1. The van der Waals surface area contributed by atoms with Crippen molar-refractivity contribution in [1.29, 1.82) is 0 Å². The molecule has 0 saturated carbocycles. The number of carbonyl (C=O) groups excluding carboxylic acids is 1. The highest BCUT2D eigenvalue weighted by Gasteiger charge is 2.43. The van der Waals surface area contributed by atoms with Crippen LogP contribution in [0.4, 0.5) is 14.9 Å². The Kier molecular flexibility index (Phi) is 5.11. The minimum atomic E-state index is -3.87. The van der Waals surface area contributed by atoms with Gasteiger partial charge in [0.25, 0.3) is 0 Å². The molecule has 11 heteroatoms. The number of hydrogen-bond donors (Lipinski definition) is 2. The van der Waals surface area contributed by atoms with Gasteiger partial charge in [-0.15, -0.1) is 0 Å². The fraction of sp³-hybridized carbons (Fsp3) is 0.500. The quantitative estimate of drug-likeness (QED) is 0.649. The van der Waals surface area contributed by atoms with E-state index in [-0.39, 0.29) is 11.5 Å². The molecule has 8 nitrogen and oxygen atoms in total. The van der Waals surface area contributed by atoms with Crippen LogP contribution in [0, 0.1) is 5.82 Å². The standard InChI is InChI=1S/C18H23FN4O4S2/c1-17(2,3)27-16(24)21-15-22-18(4,9-29(25,26)23(15)5)11-6-10-7-14(28)20-13(10)8-12(11)19/h6,8H,7,9H2,1-5H3,(H,20,28)(H,21,22,24)/t18-/m0/s1. The Labute approximate surface area is 174 Å². The van der Waals surface area contributed by atoms with Crippen molar-refractivity contribution in [1.82, 2.24) is 9.62 Å². The van der Waals surface area contributed by atoms with E-state index in [2.05, 4.69) is 15.6 Å². The monoisotopic (exact) mass is 442 g/mol. The van der Waals surface area contributed by atoms with Gasteiger partial charge in [-0.3, -0.25) is 5.32 Å². The second-order valence-electron chi connectivity index (χ2n) is 8.27. The third-order valence-electron chi connectivity index (χ3n) is 4.54. The fourth-order valence-electron chi connectivity index (χ4n) is 3.22. The number of guanidine groups is 1. The maximum Gasteiger partial charge on any atom is 0.414 e. The first-order chi connectivity index (χ1) is 13.2. The van der Waals surface area contributed by atoms with Crippen molar-refractivity contribution in [3.8, 4) is 0 Å². The number of thiocarbonyl (C=S) groups is 1. The first-order valence-corrected chi connectivity index (χ1v) is 10.9. The molecular weight excluding hydrogens is 419 g/mol. The van der Waals surface area contributed by atoms with E-state index < -0.39 is 38.8 Å². The van der Waals surface area contributed by atoms with Crippen LogP contribution in [0.5, 0.6) is 0 Å². The molecule has 1 atom stereocenters. The first-order valence-electron chi connectivity index (χ1n) is 8.89. The molecule has 29 heavy (non-hydrogen) atoms. The second-order valence-corrected chi connectivity index (χ2v) is 10.8. The van der Waals surface area contributed by atoms with Gasteiger partial charge in [0.2, 0.25) is 16.0 Å². The minimum absolute atomic E-state index is 0.114. The number of benzene rings is 1. The van der Waals surface area contributed by atoms with Crippen molar-refractivity contribution in [3.05, 3.63) is 29.1 Å². The van der Waals surface area contributed by atoms with Crippen LogP contribution in [0.3, 0.4) is 0 Å². The lowest BCUT2D eigenvalue weighted by atomic mass is 9.92. The topological polar surface area (TPSA) is 100 Å². The number of anilines is 1. The van der Waals surface area contributed by atoms with E-state index in [1.54, 1.807) is 26.8 Å². The van der Waals surface area contributed by atoms with E-state index in [1.165, 1.54) is 20.0 Å². The molecule has 2 heterocycles. The Morgan fingerprint density at radius 3 is 2.69 bits per heavy atom. The molecule has 0 spiro atoms. The molecule has 2 aliphatic rings. The van der Waals surface area contributed by atoms with Gasteiger partial charge in [-0.05, 0) is 45.4 Å². The zero-order valence-electron chi connectivity index (χ0n) is 16.8. The molecule has 1 amide bonds. The molecule has 2 aliphatic heterocycles. The van der Waals surface area contributed by atoms with Crippen molar-refractivity contribution in [3.63, 3.8) is 0 Å². The van der Waals surface area contributed by atoms with Crippen LogP contribution >= 0.6 is 12.2 Å². The highest BCUT2D eigenvalue weighted by atomic mass is 32.2. The SMILES string of the molecule is CN1C(NC(=O)OC(C)(C)C)=N[C@](C)(c2cc3c(cc2F)NC(=S)C3)CS1(=O)=O. The van der Waals surface area contributed by atoms with Gasteiger partial charge >= 0.3 is 6.09 Å². The van der Waals surface area contributed by atoms with Crippen molar-refractivity contribution < 1.29 is 22.3 Å². The number of aliphatic imine (C=N–C) groups is 1. The first kappa shape index (κ1) is 21.4. The molecule has 0 aliphatic carbocycles. The molecular formula is C18H23FN4O4S2. The molecule has 0 radical (unpaired) electrons. The van der Waals surface area contributed by atoms with Crippen molar-refractivity contribution >= 4 is 45.0 Å². The lowest BCUT2D eigenvalue weighted by Crippen LogP contribution is -2.54. The van der Waals surface area contributed by atoms with Gasteiger partial charge in [0, 0.05) is 24.7 Å². The fourth-order valence-corrected chi connectivity index (χ4v) is 4.96. The van der Waals surface area contributed by atoms with Crippen LogP contribution in [0.2, 0.25) is 0 Å². The van der Waals surface area contributed by atoms with Gasteiger partial charge in [0.05, 0.1) is 10.7 Å². The van der Waals surface area contributed by atoms with E-state index in [9.17, 15) is 17.6 Å². The summed E-state index contributed by atoms with van der Waals surface area (Å²) in [6.07, 6.45) is -0.417. The molecule has 2 N–H and O–H groups in total. The predicted octanol–water partition coefficient (Wildman–Crippen LogP) is 2.49. The van der Waals surface area contributed by atoms with Crippen LogP contribution in [-0.4, -0.2) is 48.2 Å². The summed E-state index contributed by atoms with van der Waals surface area (Å²) < 4.78 is 46.4. The van der Waals surface area contributed by atoms with Gasteiger partial charge < -0.3 is 10.1 Å². The van der Waals surface area contributed by atoms with Gasteiger partial charge in [-0.25, -0.2) is 26.9 Å². The number of nitrogens with zero attached hydrogens (tertiary/aromatic N) is 2. The van der Waals surface area contributed by atoms with E-state index in [0.717, 1.165) is 9.87 Å². The van der Waals surface area contributed by atoms with Crippen molar-refractivity contribution in [2.24, 2.45) is 4.99 Å². The average Bonchev–Trinajstić information content (AvgIpc) is 2.88. The van der Waals surface area contributed by atoms with Crippen molar-refractivity contribution in [2.45, 2.75) is 45.3 Å². The molecule has 0 unspecified atom stereocenters. The third kappa shape index (κ3) is 4.35. The second kappa shape index (κ2) is 6.91. The smallest absolute Gasteiger partial charge is 0.414 e. The number of amides is 1. The van der Waals surface area contributed by atoms with E-state index in [1.807, 2.05) is 0 Å². The van der Waals surface area contributed by atoms with E-state index >= 15 is 0 Å². The highest BCUT2D eigenvalue weighted by molar-refractivity contribution is 7.89. The molecule has 0 bridgehead atoms. The number of fused-ring (bicyclic) bond motifs is 1. The maximum atomic E-state index is 14.9. The lowest BCUT2D eigenvalue weighted by molar-refractivity contribution is 0.0559.